The number of hydrogen-bond donors (Lipinski definition) is 1. The highest BCUT2D eigenvalue weighted by atomic mass is 16.5. The van der Waals surface area contributed by atoms with Gasteiger partial charge >= 0.3 is 0 Å². The topological polar surface area (TPSA) is 34.0 Å². The van der Waals surface area contributed by atoms with E-state index in [1.165, 1.54) is 32.1 Å². The number of ether oxygens (including phenoxy) is 1. The molecule has 0 spiro atoms. The van der Waals surface area contributed by atoms with Crippen molar-refractivity contribution in [2.75, 3.05) is 33.3 Å². The summed E-state index contributed by atoms with van der Waals surface area (Å²) in [7, 11) is 1.64. The van der Waals surface area contributed by atoms with Crippen LogP contribution in [-0.4, -0.2) is 50.1 Å². The Kier molecular flexibility index (Phi) is 4.98. The van der Waals surface area contributed by atoms with Gasteiger partial charge in [0, 0.05) is 5.56 Å². The molecular formula is C18H27N2O2+. The average Bonchev–Trinajstić information content (AvgIpc) is 2.62. The Morgan fingerprint density at radius 2 is 1.73 bits per heavy atom. The Bertz CT molecular complexity index is 486. The Morgan fingerprint density at radius 1 is 1.09 bits per heavy atom. The van der Waals surface area contributed by atoms with Gasteiger partial charge in [0.25, 0.3) is 5.91 Å². The van der Waals surface area contributed by atoms with Crippen LogP contribution in [0.25, 0.3) is 0 Å². The standard InChI is InChI=1S/C18H26N2O2/c1-22-17-9-7-15(8-10-17)18(21)20-13-11-19(12-14-20)16-5-3-2-4-6-16/h7-10,16H,2-6,11-14H2,1H3/p+1. The molecule has 2 fully saturated rings. The number of quaternary nitrogens is 1. The van der Waals surface area contributed by atoms with Crippen molar-refractivity contribution < 1.29 is 14.4 Å². The Labute approximate surface area is 133 Å². The molecule has 1 saturated carbocycles. The van der Waals surface area contributed by atoms with E-state index in [9.17, 15) is 4.79 Å². The molecule has 1 aliphatic heterocycles. The molecule has 22 heavy (non-hydrogen) atoms. The van der Waals surface area contributed by atoms with Crippen LogP contribution in [0, 0.1) is 0 Å². The summed E-state index contributed by atoms with van der Waals surface area (Å²) < 4.78 is 5.15. The number of carbonyl (C=O) groups is 1. The third-order valence-electron chi connectivity index (χ3n) is 5.21. The largest absolute Gasteiger partial charge is 0.497 e. The summed E-state index contributed by atoms with van der Waals surface area (Å²) in [5.74, 6) is 0.952. The van der Waals surface area contributed by atoms with Crippen molar-refractivity contribution in [2.24, 2.45) is 0 Å². The smallest absolute Gasteiger partial charge is 0.254 e. The van der Waals surface area contributed by atoms with Crippen LogP contribution in [0.2, 0.25) is 0 Å². The van der Waals surface area contributed by atoms with Crippen LogP contribution in [0.3, 0.4) is 0 Å². The molecule has 1 aromatic rings. The number of piperazine rings is 1. The fraction of sp³-hybridized carbons (Fsp3) is 0.611. The van der Waals surface area contributed by atoms with E-state index in [1.807, 2.05) is 29.2 Å². The van der Waals surface area contributed by atoms with E-state index in [0.29, 0.717) is 0 Å². The van der Waals surface area contributed by atoms with Gasteiger partial charge in [-0.15, -0.1) is 0 Å². The lowest BCUT2D eigenvalue weighted by Gasteiger charge is -2.38. The number of carbonyl (C=O) groups excluding carboxylic acids is 1. The van der Waals surface area contributed by atoms with E-state index in [0.717, 1.165) is 43.5 Å². The van der Waals surface area contributed by atoms with Crippen molar-refractivity contribution in [3.05, 3.63) is 29.8 Å². The highest BCUT2D eigenvalue weighted by Crippen LogP contribution is 2.16. The lowest BCUT2D eigenvalue weighted by Crippen LogP contribution is -3.18. The zero-order valence-corrected chi connectivity index (χ0v) is 13.5. The second-order valence-corrected chi connectivity index (χ2v) is 6.51. The molecule has 4 heteroatoms. The van der Waals surface area contributed by atoms with Gasteiger partial charge in [-0.05, 0) is 49.9 Å². The lowest BCUT2D eigenvalue weighted by molar-refractivity contribution is -0.930. The molecule has 3 rings (SSSR count). The highest BCUT2D eigenvalue weighted by Gasteiger charge is 2.30. The number of methoxy groups -OCH3 is 1. The highest BCUT2D eigenvalue weighted by molar-refractivity contribution is 5.94. The van der Waals surface area contributed by atoms with Crippen molar-refractivity contribution in [1.29, 1.82) is 0 Å². The van der Waals surface area contributed by atoms with E-state index in [4.69, 9.17) is 4.74 Å². The fourth-order valence-corrected chi connectivity index (χ4v) is 3.83. The predicted molar refractivity (Wildman–Crippen MR) is 86.5 cm³/mol. The molecule has 0 radical (unpaired) electrons. The maximum absolute atomic E-state index is 12.6. The zero-order chi connectivity index (χ0) is 15.4. The molecule has 0 bridgehead atoms. The molecule has 0 aromatic heterocycles. The second-order valence-electron chi connectivity index (χ2n) is 6.51. The molecule has 1 saturated heterocycles. The summed E-state index contributed by atoms with van der Waals surface area (Å²) in [6, 6.07) is 8.28. The van der Waals surface area contributed by atoms with Gasteiger partial charge in [-0.1, -0.05) is 6.42 Å². The molecule has 1 heterocycles. The minimum absolute atomic E-state index is 0.158. The molecule has 0 atom stereocenters. The first-order chi connectivity index (χ1) is 10.8. The maximum Gasteiger partial charge on any atom is 0.254 e. The van der Waals surface area contributed by atoms with Crippen molar-refractivity contribution in [2.45, 2.75) is 38.1 Å². The van der Waals surface area contributed by atoms with E-state index >= 15 is 0 Å². The van der Waals surface area contributed by atoms with Gasteiger partial charge in [0.15, 0.2) is 0 Å². The quantitative estimate of drug-likeness (QED) is 0.915. The number of hydrogen-bond acceptors (Lipinski definition) is 2. The minimum atomic E-state index is 0.158. The normalized spacial score (nSPS) is 20.9. The number of rotatable bonds is 3. The summed E-state index contributed by atoms with van der Waals surface area (Å²) >= 11 is 0. The molecule has 1 aliphatic carbocycles. The van der Waals surface area contributed by atoms with Crippen molar-refractivity contribution in [3.63, 3.8) is 0 Å². The minimum Gasteiger partial charge on any atom is -0.497 e. The van der Waals surface area contributed by atoms with E-state index in [2.05, 4.69) is 0 Å². The molecule has 4 nitrogen and oxygen atoms in total. The van der Waals surface area contributed by atoms with Gasteiger partial charge in [-0.2, -0.15) is 0 Å². The number of amides is 1. The van der Waals surface area contributed by atoms with Crippen LogP contribution in [-0.2, 0) is 0 Å². The van der Waals surface area contributed by atoms with Gasteiger partial charge in [0.1, 0.15) is 5.75 Å². The molecule has 1 aromatic carbocycles. The zero-order valence-electron chi connectivity index (χ0n) is 13.5. The average molecular weight is 303 g/mol. The SMILES string of the molecule is COc1ccc(C(=O)N2CC[NH+](C3CCCCC3)CC2)cc1. The van der Waals surface area contributed by atoms with Crippen LogP contribution in [0.1, 0.15) is 42.5 Å². The molecular weight excluding hydrogens is 276 g/mol. The molecule has 1 amide bonds. The number of benzene rings is 1. The maximum atomic E-state index is 12.6. The summed E-state index contributed by atoms with van der Waals surface area (Å²) in [5, 5.41) is 0. The third-order valence-corrected chi connectivity index (χ3v) is 5.21. The van der Waals surface area contributed by atoms with Gasteiger partial charge in [-0.25, -0.2) is 0 Å². The van der Waals surface area contributed by atoms with Gasteiger partial charge in [0.2, 0.25) is 0 Å². The number of nitrogens with zero attached hydrogens (tertiary/aromatic N) is 1. The molecule has 0 unspecified atom stereocenters. The summed E-state index contributed by atoms with van der Waals surface area (Å²) in [5.41, 5.74) is 0.766. The fourth-order valence-electron chi connectivity index (χ4n) is 3.83. The van der Waals surface area contributed by atoms with Crippen LogP contribution in [0.15, 0.2) is 24.3 Å². The van der Waals surface area contributed by atoms with E-state index < -0.39 is 0 Å². The second kappa shape index (κ2) is 7.14. The first kappa shape index (κ1) is 15.3. The number of nitrogens with one attached hydrogen (secondary N) is 1. The monoisotopic (exact) mass is 303 g/mol. The Balaban J connectivity index is 1.54. The Hall–Kier alpha value is -1.55. The summed E-state index contributed by atoms with van der Waals surface area (Å²) in [6.07, 6.45) is 6.95. The Morgan fingerprint density at radius 3 is 2.32 bits per heavy atom. The first-order valence-electron chi connectivity index (χ1n) is 8.56. The summed E-state index contributed by atoms with van der Waals surface area (Å²) in [6.45, 7) is 3.98. The molecule has 2 aliphatic rings. The van der Waals surface area contributed by atoms with Crippen LogP contribution >= 0.6 is 0 Å². The predicted octanol–water partition coefficient (Wildman–Crippen LogP) is 1.37. The van der Waals surface area contributed by atoms with Crippen LogP contribution in [0.4, 0.5) is 0 Å². The first-order valence-corrected chi connectivity index (χ1v) is 8.56. The molecule has 1 N–H and O–H groups in total. The van der Waals surface area contributed by atoms with Crippen molar-refractivity contribution >= 4 is 5.91 Å². The van der Waals surface area contributed by atoms with Gasteiger partial charge < -0.3 is 14.5 Å². The van der Waals surface area contributed by atoms with Gasteiger partial charge in [0.05, 0.1) is 39.3 Å². The van der Waals surface area contributed by atoms with Crippen molar-refractivity contribution in [3.8, 4) is 5.75 Å². The van der Waals surface area contributed by atoms with Gasteiger partial charge in [-0.3, -0.25) is 4.79 Å². The van der Waals surface area contributed by atoms with Crippen molar-refractivity contribution in [1.82, 2.24) is 4.90 Å². The van der Waals surface area contributed by atoms with E-state index in [1.54, 1.807) is 12.0 Å². The third kappa shape index (κ3) is 3.43. The van der Waals surface area contributed by atoms with Crippen LogP contribution < -0.4 is 9.64 Å². The van der Waals surface area contributed by atoms with E-state index in [-0.39, 0.29) is 5.91 Å². The summed E-state index contributed by atoms with van der Waals surface area (Å²) in [4.78, 5) is 16.3. The molecule has 120 valence electrons. The lowest BCUT2D eigenvalue weighted by atomic mass is 9.94. The van der Waals surface area contributed by atoms with Crippen LogP contribution in [0.5, 0.6) is 5.75 Å².